The van der Waals surface area contributed by atoms with E-state index in [1.165, 1.54) is 167 Å². The van der Waals surface area contributed by atoms with Crippen molar-refractivity contribution in [2.24, 2.45) is 0 Å². The average Bonchev–Trinajstić information content (AvgIpc) is 3.35. The number of hydrogen-bond donors (Lipinski definition) is 0. The Hall–Kier alpha value is -2.89. The largest absolute Gasteiger partial charge is 0.462 e. The van der Waals surface area contributed by atoms with Crippen LogP contribution < -0.4 is 0 Å². The molecular formula is C63H112O6. The van der Waals surface area contributed by atoms with Gasteiger partial charge in [-0.15, -0.1) is 0 Å². The van der Waals surface area contributed by atoms with Crippen LogP contribution in [-0.4, -0.2) is 37.2 Å². The van der Waals surface area contributed by atoms with Crippen molar-refractivity contribution in [1.29, 1.82) is 0 Å². The lowest BCUT2D eigenvalue weighted by atomic mass is 10.0. The maximum Gasteiger partial charge on any atom is 0.306 e. The number of rotatable bonds is 54. The minimum Gasteiger partial charge on any atom is -0.462 e. The molecule has 0 aromatic heterocycles. The molecule has 0 bridgehead atoms. The summed E-state index contributed by atoms with van der Waals surface area (Å²) in [5, 5.41) is 0. The highest BCUT2D eigenvalue weighted by Gasteiger charge is 2.19. The molecule has 0 saturated carbocycles. The Bertz CT molecular complexity index is 1250. The molecule has 0 aliphatic rings. The lowest BCUT2D eigenvalue weighted by molar-refractivity contribution is -0.167. The van der Waals surface area contributed by atoms with Gasteiger partial charge in [-0.3, -0.25) is 14.4 Å². The molecule has 0 saturated heterocycles. The maximum atomic E-state index is 12.8. The third kappa shape index (κ3) is 55.9. The Morgan fingerprint density at radius 1 is 0.304 bits per heavy atom. The monoisotopic (exact) mass is 965 g/mol. The molecule has 6 heteroatoms. The summed E-state index contributed by atoms with van der Waals surface area (Å²) in [6.07, 6.45) is 72.1. The lowest BCUT2D eigenvalue weighted by Gasteiger charge is -2.18. The van der Waals surface area contributed by atoms with E-state index >= 15 is 0 Å². The van der Waals surface area contributed by atoms with Crippen LogP contribution >= 0.6 is 0 Å². The van der Waals surface area contributed by atoms with Crippen molar-refractivity contribution in [1.82, 2.24) is 0 Å². The van der Waals surface area contributed by atoms with Gasteiger partial charge in [0.05, 0.1) is 0 Å². The summed E-state index contributed by atoms with van der Waals surface area (Å²) in [4.78, 5) is 38.1. The van der Waals surface area contributed by atoms with Crippen LogP contribution in [-0.2, 0) is 28.6 Å². The molecule has 0 heterocycles. The van der Waals surface area contributed by atoms with Gasteiger partial charge in [-0.1, -0.05) is 281 Å². The zero-order valence-electron chi connectivity index (χ0n) is 45.8. The number of unbranched alkanes of at least 4 members (excludes halogenated alkanes) is 33. The number of carbonyl (C=O) groups is 3. The smallest absolute Gasteiger partial charge is 0.306 e. The molecule has 0 aromatic carbocycles. The van der Waals surface area contributed by atoms with Gasteiger partial charge in [0.25, 0.3) is 0 Å². The van der Waals surface area contributed by atoms with Crippen LogP contribution in [0.3, 0.4) is 0 Å². The zero-order valence-corrected chi connectivity index (χ0v) is 45.8. The van der Waals surface area contributed by atoms with Crippen LogP contribution in [0.4, 0.5) is 0 Å². The number of ether oxygens (including phenoxy) is 3. The third-order valence-corrected chi connectivity index (χ3v) is 13.0. The Morgan fingerprint density at radius 3 is 0.884 bits per heavy atom. The minimum atomic E-state index is -0.772. The molecule has 0 spiro atoms. The topological polar surface area (TPSA) is 78.9 Å². The summed E-state index contributed by atoms with van der Waals surface area (Å²) in [7, 11) is 0. The molecule has 0 radical (unpaired) electrons. The highest BCUT2D eigenvalue weighted by Crippen LogP contribution is 2.17. The van der Waals surface area contributed by atoms with Gasteiger partial charge < -0.3 is 14.2 Å². The van der Waals surface area contributed by atoms with Crippen LogP contribution in [0.15, 0.2) is 60.8 Å². The molecule has 0 rings (SSSR count). The van der Waals surface area contributed by atoms with Crippen molar-refractivity contribution >= 4 is 17.9 Å². The number of carbonyl (C=O) groups excluding carboxylic acids is 3. The fourth-order valence-corrected chi connectivity index (χ4v) is 8.59. The Labute approximate surface area is 428 Å². The van der Waals surface area contributed by atoms with Crippen molar-refractivity contribution in [3.05, 3.63) is 60.8 Å². The van der Waals surface area contributed by atoms with Gasteiger partial charge >= 0.3 is 17.9 Å². The highest BCUT2D eigenvalue weighted by atomic mass is 16.6. The van der Waals surface area contributed by atoms with E-state index < -0.39 is 6.10 Å². The first-order valence-corrected chi connectivity index (χ1v) is 29.8. The van der Waals surface area contributed by atoms with Gasteiger partial charge in [-0.05, 0) is 64.2 Å². The van der Waals surface area contributed by atoms with Gasteiger partial charge in [0.1, 0.15) is 13.2 Å². The molecule has 0 aliphatic heterocycles. The molecule has 6 nitrogen and oxygen atoms in total. The van der Waals surface area contributed by atoms with Crippen LogP contribution in [0.2, 0.25) is 0 Å². The lowest BCUT2D eigenvalue weighted by Crippen LogP contribution is -2.30. The summed E-state index contributed by atoms with van der Waals surface area (Å²) >= 11 is 0. The molecule has 1 atom stereocenters. The van der Waals surface area contributed by atoms with Gasteiger partial charge in [0.15, 0.2) is 6.10 Å². The first kappa shape index (κ1) is 66.1. The second-order valence-corrected chi connectivity index (χ2v) is 19.9. The molecule has 400 valence electrons. The molecule has 0 fully saturated rings. The highest BCUT2D eigenvalue weighted by molar-refractivity contribution is 5.71. The second kappa shape index (κ2) is 57.7. The Morgan fingerprint density at radius 2 is 0.565 bits per heavy atom. The van der Waals surface area contributed by atoms with E-state index in [0.717, 1.165) is 96.3 Å². The zero-order chi connectivity index (χ0) is 50.0. The molecule has 0 N–H and O–H groups in total. The van der Waals surface area contributed by atoms with Gasteiger partial charge in [-0.2, -0.15) is 0 Å². The van der Waals surface area contributed by atoms with E-state index in [-0.39, 0.29) is 31.1 Å². The van der Waals surface area contributed by atoms with E-state index in [1.54, 1.807) is 0 Å². The SMILES string of the molecule is CC/C=C\C/C=C\C/C=C\C/C=C\C/C=C\CCCCCCCCCCCC(=O)OCC(COC(=O)CCCCCCCCCCCCCC)OC(=O)CCCCCCCCCCCCCCCC. The minimum absolute atomic E-state index is 0.0712. The van der Waals surface area contributed by atoms with Crippen LogP contribution in [0.25, 0.3) is 0 Å². The van der Waals surface area contributed by atoms with Crippen molar-refractivity contribution in [2.75, 3.05) is 13.2 Å². The molecule has 1 unspecified atom stereocenters. The van der Waals surface area contributed by atoms with Gasteiger partial charge in [0.2, 0.25) is 0 Å². The fourth-order valence-electron chi connectivity index (χ4n) is 8.59. The van der Waals surface area contributed by atoms with Crippen LogP contribution in [0, 0.1) is 0 Å². The van der Waals surface area contributed by atoms with E-state index in [2.05, 4.69) is 81.5 Å². The maximum absolute atomic E-state index is 12.8. The number of allylic oxidation sites excluding steroid dienone is 10. The first-order valence-electron chi connectivity index (χ1n) is 29.8. The predicted octanol–water partition coefficient (Wildman–Crippen LogP) is 20.0. The number of hydrogen-bond acceptors (Lipinski definition) is 6. The molecule has 0 aromatic rings. The van der Waals surface area contributed by atoms with Crippen molar-refractivity contribution < 1.29 is 28.6 Å². The Balaban J connectivity index is 4.27. The van der Waals surface area contributed by atoms with E-state index in [4.69, 9.17) is 14.2 Å². The molecular weight excluding hydrogens is 853 g/mol. The van der Waals surface area contributed by atoms with Gasteiger partial charge in [-0.25, -0.2) is 0 Å². The third-order valence-electron chi connectivity index (χ3n) is 13.0. The van der Waals surface area contributed by atoms with Crippen LogP contribution in [0.1, 0.15) is 303 Å². The predicted molar refractivity (Wildman–Crippen MR) is 298 cm³/mol. The van der Waals surface area contributed by atoms with Crippen LogP contribution in [0.5, 0.6) is 0 Å². The summed E-state index contributed by atoms with van der Waals surface area (Å²) in [5.74, 6) is -0.863. The van der Waals surface area contributed by atoms with Crippen molar-refractivity contribution in [2.45, 2.75) is 309 Å². The second-order valence-electron chi connectivity index (χ2n) is 19.9. The molecule has 0 amide bonds. The summed E-state index contributed by atoms with van der Waals surface area (Å²) in [6, 6.07) is 0. The van der Waals surface area contributed by atoms with E-state index in [0.29, 0.717) is 19.3 Å². The molecule has 0 aliphatic carbocycles. The van der Waals surface area contributed by atoms with E-state index in [9.17, 15) is 14.4 Å². The number of esters is 3. The van der Waals surface area contributed by atoms with Gasteiger partial charge in [0, 0.05) is 19.3 Å². The summed E-state index contributed by atoms with van der Waals surface area (Å²) < 4.78 is 16.9. The standard InChI is InChI=1S/C63H112O6/c1-4-7-10-13-16-19-22-25-27-28-29-30-31-32-33-34-35-36-37-39-41-44-47-50-53-56-62(65)68-59-60(58-67-61(64)55-52-49-46-43-40-24-21-18-15-12-9-6-3)69-63(66)57-54-51-48-45-42-38-26-23-20-17-14-11-8-5-2/h7,10,16,19,25,27,29-30,32-33,60H,4-6,8-9,11-15,17-18,20-24,26,28,31,34-59H2,1-3H3/b10-7-,19-16-,27-25-,30-29-,33-32-. The van der Waals surface area contributed by atoms with E-state index in [1.807, 2.05) is 0 Å². The summed E-state index contributed by atoms with van der Waals surface area (Å²) in [5.41, 5.74) is 0. The normalized spacial score (nSPS) is 12.4. The first-order chi connectivity index (χ1) is 34.0. The molecule has 69 heavy (non-hydrogen) atoms. The quantitative estimate of drug-likeness (QED) is 0.0262. The fraction of sp³-hybridized carbons (Fsp3) is 0.794. The summed E-state index contributed by atoms with van der Waals surface area (Å²) in [6.45, 7) is 6.55. The van der Waals surface area contributed by atoms with Crippen molar-refractivity contribution in [3.8, 4) is 0 Å². The van der Waals surface area contributed by atoms with Crippen molar-refractivity contribution in [3.63, 3.8) is 0 Å². The Kier molecular flexibility index (Phi) is 55.3. The average molecular weight is 966 g/mol.